The first-order valence-electron chi connectivity index (χ1n) is 9.53. The van der Waals surface area contributed by atoms with Crippen LogP contribution in [0.25, 0.3) is 10.9 Å². The summed E-state index contributed by atoms with van der Waals surface area (Å²) in [5, 5.41) is 10.9. The Morgan fingerprint density at radius 1 is 1.41 bits per heavy atom. The van der Waals surface area contributed by atoms with Gasteiger partial charge in [0, 0.05) is 36.8 Å². The minimum absolute atomic E-state index is 0.00351. The first-order chi connectivity index (χ1) is 13.2. The van der Waals surface area contributed by atoms with Gasteiger partial charge in [-0.15, -0.1) is 11.8 Å². The molecule has 0 aliphatic carbocycles. The lowest BCUT2D eigenvalue weighted by Crippen LogP contribution is -2.29. The number of ether oxygens (including phenoxy) is 2. The summed E-state index contributed by atoms with van der Waals surface area (Å²) in [5.74, 6) is 1.04. The van der Waals surface area contributed by atoms with Crippen molar-refractivity contribution < 1.29 is 9.47 Å². The van der Waals surface area contributed by atoms with Crippen molar-refractivity contribution in [2.75, 3.05) is 32.4 Å². The fourth-order valence-electron chi connectivity index (χ4n) is 4.11. The lowest BCUT2D eigenvalue weighted by atomic mass is 9.93. The molecule has 0 saturated carbocycles. The van der Waals surface area contributed by atoms with Gasteiger partial charge < -0.3 is 19.4 Å². The van der Waals surface area contributed by atoms with Gasteiger partial charge >= 0.3 is 0 Å². The van der Waals surface area contributed by atoms with Crippen molar-refractivity contribution in [2.24, 2.45) is 5.92 Å². The summed E-state index contributed by atoms with van der Waals surface area (Å²) in [7, 11) is 1.78. The Hall–Kier alpha value is -1.68. The minimum atomic E-state index is 0.00351. The van der Waals surface area contributed by atoms with E-state index in [1.54, 1.807) is 18.9 Å². The molecule has 0 spiro atoms. The van der Waals surface area contributed by atoms with Crippen molar-refractivity contribution in [2.45, 2.75) is 38.4 Å². The van der Waals surface area contributed by atoms with E-state index in [0.717, 1.165) is 37.9 Å². The van der Waals surface area contributed by atoms with Gasteiger partial charge in [-0.1, -0.05) is 18.2 Å². The van der Waals surface area contributed by atoms with Crippen LogP contribution in [0, 0.1) is 17.4 Å². The van der Waals surface area contributed by atoms with Crippen LogP contribution in [0.15, 0.2) is 24.3 Å². The van der Waals surface area contributed by atoms with E-state index in [1.165, 1.54) is 16.6 Å². The second-order valence-electron chi connectivity index (χ2n) is 7.30. The number of aromatic nitrogens is 1. The lowest BCUT2D eigenvalue weighted by molar-refractivity contribution is 0.0447. The molecular weight excluding hydrogens is 358 g/mol. The lowest BCUT2D eigenvalue weighted by Gasteiger charge is -2.27. The highest BCUT2D eigenvalue weighted by atomic mass is 32.2. The maximum absolute atomic E-state index is 9.63. The molecule has 1 aliphatic rings. The molecular formula is C21H29N3O2S. The van der Waals surface area contributed by atoms with Crippen LogP contribution in [0.5, 0.6) is 0 Å². The van der Waals surface area contributed by atoms with Gasteiger partial charge in [0.05, 0.1) is 18.1 Å². The molecule has 27 heavy (non-hydrogen) atoms. The molecule has 0 radical (unpaired) electrons. The third-order valence-corrected chi connectivity index (χ3v) is 5.76. The molecule has 3 unspecified atom stereocenters. The summed E-state index contributed by atoms with van der Waals surface area (Å²) >= 11 is 1.69. The molecule has 0 saturated heterocycles. The van der Waals surface area contributed by atoms with Crippen molar-refractivity contribution in [3.63, 3.8) is 0 Å². The summed E-state index contributed by atoms with van der Waals surface area (Å²) in [6.07, 6.45) is 7.25. The van der Waals surface area contributed by atoms with Gasteiger partial charge in [-0.3, -0.25) is 0 Å². The summed E-state index contributed by atoms with van der Waals surface area (Å²) in [4.78, 5) is 5.49. The number of thioether (sulfide) groups is 1. The third kappa shape index (κ3) is 4.78. The number of fused-ring (bicyclic) bond motifs is 3. The van der Waals surface area contributed by atoms with Gasteiger partial charge in [0.1, 0.15) is 0 Å². The molecule has 0 bridgehead atoms. The van der Waals surface area contributed by atoms with Crippen LogP contribution in [0.2, 0.25) is 0 Å². The number of hydrogen-bond donors (Lipinski definition) is 1. The highest BCUT2D eigenvalue weighted by molar-refractivity contribution is 7.98. The van der Waals surface area contributed by atoms with E-state index in [1.807, 2.05) is 11.2 Å². The molecule has 2 aromatic rings. The highest BCUT2D eigenvalue weighted by Gasteiger charge is 2.28. The van der Waals surface area contributed by atoms with Crippen molar-refractivity contribution in [3.8, 4) is 6.19 Å². The zero-order valence-electron chi connectivity index (χ0n) is 16.4. The topological polar surface area (TPSA) is 61.3 Å². The van der Waals surface area contributed by atoms with Gasteiger partial charge in [-0.2, -0.15) is 5.26 Å². The second-order valence-corrected chi connectivity index (χ2v) is 8.12. The molecule has 0 amide bonds. The maximum Gasteiger partial charge on any atom is 0.179 e. The number of para-hydroxylation sites is 1. The van der Waals surface area contributed by atoms with E-state index in [2.05, 4.69) is 42.4 Å². The fraction of sp³-hybridized carbons (Fsp3) is 0.571. The van der Waals surface area contributed by atoms with Crippen LogP contribution >= 0.6 is 11.8 Å². The smallest absolute Gasteiger partial charge is 0.179 e. The molecule has 3 atom stereocenters. The van der Waals surface area contributed by atoms with Crippen LogP contribution in [0.3, 0.4) is 0 Å². The molecule has 2 heterocycles. The molecule has 1 aromatic heterocycles. The van der Waals surface area contributed by atoms with Crippen LogP contribution in [0.4, 0.5) is 0 Å². The number of benzene rings is 1. The van der Waals surface area contributed by atoms with Gasteiger partial charge in [-0.25, -0.2) is 0 Å². The van der Waals surface area contributed by atoms with Crippen LogP contribution in [-0.2, 0) is 15.9 Å². The number of nitriles is 1. The normalized spacial score (nSPS) is 21.8. The fourth-order valence-corrected chi connectivity index (χ4v) is 4.48. The van der Waals surface area contributed by atoms with Gasteiger partial charge in [0.25, 0.3) is 0 Å². The first-order valence-corrected chi connectivity index (χ1v) is 10.9. The molecule has 5 nitrogen and oxygen atoms in total. The standard InChI is InChI=1S/C21H29N3O2S/c1-15(26-14-27-3)10-16-11-20(25-2)21-18(8-9-24(12-16)13-22)17-6-4-5-7-19(17)23-21/h4-7,15-16,20,23H,8-12,14H2,1-3H3. The van der Waals surface area contributed by atoms with Crippen LogP contribution in [0.1, 0.15) is 37.1 Å². The number of nitrogens with zero attached hydrogens (tertiary/aromatic N) is 2. The summed E-state index contributed by atoms with van der Waals surface area (Å²) in [5.41, 5.74) is 3.59. The molecule has 0 fully saturated rings. The summed E-state index contributed by atoms with van der Waals surface area (Å²) in [6.45, 7) is 3.61. The van der Waals surface area contributed by atoms with Crippen LogP contribution < -0.4 is 0 Å². The number of hydrogen-bond acceptors (Lipinski definition) is 5. The van der Waals surface area contributed by atoms with E-state index >= 15 is 0 Å². The number of aromatic amines is 1. The number of nitrogens with one attached hydrogen (secondary N) is 1. The molecule has 6 heteroatoms. The highest BCUT2D eigenvalue weighted by Crippen LogP contribution is 2.35. The third-order valence-electron chi connectivity index (χ3n) is 5.39. The van der Waals surface area contributed by atoms with Crippen molar-refractivity contribution >= 4 is 22.7 Å². The van der Waals surface area contributed by atoms with Crippen molar-refractivity contribution in [1.29, 1.82) is 5.26 Å². The molecule has 1 N–H and O–H groups in total. The molecule has 1 aromatic carbocycles. The number of H-pyrrole nitrogens is 1. The first kappa shape index (κ1) is 20.1. The number of rotatable bonds is 6. The van der Waals surface area contributed by atoms with Crippen LogP contribution in [-0.4, -0.2) is 48.4 Å². The largest absolute Gasteiger partial charge is 0.375 e. The SMILES string of the molecule is COC1CC(CC(C)OCSC)CN(C#N)CCc2c1[nH]c1ccccc21. The van der Waals surface area contributed by atoms with E-state index in [9.17, 15) is 5.26 Å². The van der Waals surface area contributed by atoms with Crippen molar-refractivity contribution in [1.82, 2.24) is 9.88 Å². The quantitative estimate of drug-likeness (QED) is 0.591. The predicted octanol–water partition coefficient (Wildman–Crippen LogP) is 4.32. The Balaban J connectivity index is 1.89. The van der Waals surface area contributed by atoms with E-state index < -0.39 is 0 Å². The van der Waals surface area contributed by atoms with E-state index in [4.69, 9.17) is 9.47 Å². The van der Waals surface area contributed by atoms with Gasteiger partial charge in [-0.05, 0) is 50.0 Å². The zero-order chi connectivity index (χ0) is 19.2. The predicted molar refractivity (Wildman–Crippen MR) is 111 cm³/mol. The average Bonchev–Trinajstić information content (AvgIpc) is 3.07. The van der Waals surface area contributed by atoms with Gasteiger partial charge in [0.2, 0.25) is 0 Å². The summed E-state index contributed by atoms with van der Waals surface area (Å²) < 4.78 is 11.8. The zero-order valence-corrected chi connectivity index (χ0v) is 17.2. The molecule has 1 aliphatic heterocycles. The van der Waals surface area contributed by atoms with E-state index in [-0.39, 0.29) is 12.2 Å². The Labute approximate surface area is 166 Å². The summed E-state index contributed by atoms with van der Waals surface area (Å²) in [6, 6.07) is 8.39. The average molecular weight is 388 g/mol. The Morgan fingerprint density at radius 2 is 2.22 bits per heavy atom. The van der Waals surface area contributed by atoms with Gasteiger partial charge in [0.15, 0.2) is 6.19 Å². The Bertz CT molecular complexity index is 785. The Morgan fingerprint density at radius 3 is 2.96 bits per heavy atom. The maximum atomic E-state index is 9.63. The second kappa shape index (κ2) is 9.50. The Kier molecular flexibility index (Phi) is 7.06. The molecule has 3 rings (SSSR count). The molecule has 146 valence electrons. The van der Waals surface area contributed by atoms with Crippen molar-refractivity contribution in [3.05, 3.63) is 35.5 Å². The van der Waals surface area contributed by atoms with E-state index in [0.29, 0.717) is 11.9 Å². The minimum Gasteiger partial charge on any atom is -0.375 e. The monoisotopic (exact) mass is 387 g/mol. The number of methoxy groups -OCH3 is 1.